The summed E-state index contributed by atoms with van der Waals surface area (Å²) in [6.07, 6.45) is 50.8. The highest BCUT2D eigenvalue weighted by Crippen LogP contribution is 2.43. The molecule has 8 nitrogen and oxygen atoms in total. The molecular formula is C50H99NO7P+. The lowest BCUT2D eigenvalue weighted by molar-refractivity contribution is -0.870. The number of carbonyl (C=O) groups excluding carboxylic acids is 1. The molecule has 0 aromatic rings. The first-order valence-corrected chi connectivity index (χ1v) is 26.6. The Labute approximate surface area is 366 Å². The number of hydrogen-bond acceptors (Lipinski definition) is 6. The van der Waals surface area contributed by atoms with Crippen LogP contribution in [0.5, 0.6) is 0 Å². The maximum Gasteiger partial charge on any atom is 0.472 e. The van der Waals surface area contributed by atoms with Crippen molar-refractivity contribution in [1.82, 2.24) is 0 Å². The van der Waals surface area contributed by atoms with Gasteiger partial charge < -0.3 is 18.9 Å². The predicted octanol–water partition coefficient (Wildman–Crippen LogP) is 15.2. The summed E-state index contributed by atoms with van der Waals surface area (Å²) >= 11 is 0. The second-order valence-electron chi connectivity index (χ2n) is 18.2. The molecule has 0 heterocycles. The van der Waals surface area contributed by atoms with Gasteiger partial charge in [-0.05, 0) is 57.8 Å². The van der Waals surface area contributed by atoms with Crippen molar-refractivity contribution in [2.24, 2.45) is 0 Å². The molecule has 59 heavy (non-hydrogen) atoms. The monoisotopic (exact) mass is 857 g/mol. The van der Waals surface area contributed by atoms with Gasteiger partial charge in [0.25, 0.3) is 0 Å². The fourth-order valence-electron chi connectivity index (χ4n) is 7.06. The van der Waals surface area contributed by atoms with Crippen LogP contribution >= 0.6 is 7.82 Å². The minimum Gasteiger partial charge on any atom is -0.457 e. The van der Waals surface area contributed by atoms with Gasteiger partial charge in [0.05, 0.1) is 34.4 Å². The Morgan fingerprint density at radius 1 is 0.508 bits per heavy atom. The van der Waals surface area contributed by atoms with Gasteiger partial charge in [0.2, 0.25) is 0 Å². The zero-order valence-corrected chi connectivity index (χ0v) is 40.6. The molecule has 9 heteroatoms. The molecule has 0 bridgehead atoms. The Kier molecular flexibility index (Phi) is 42.9. The molecule has 0 aromatic carbocycles. The Morgan fingerprint density at radius 2 is 0.898 bits per heavy atom. The SMILES string of the molecule is CCCC/C=C\CCCCCCCCOCC(COP(=O)(O)OCC[N+](C)(C)C)OC(=O)CCCCCCCCCCCCCCC/C=C\CCCCCCCCCC. The molecule has 0 saturated heterocycles. The van der Waals surface area contributed by atoms with Gasteiger partial charge in [-0.3, -0.25) is 13.8 Å². The number of likely N-dealkylation sites (N-methyl/N-ethyl adjacent to an activating group) is 1. The van der Waals surface area contributed by atoms with Crippen LogP contribution in [-0.4, -0.2) is 75.6 Å². The van der Waals surface area contributed by atoms with Crippen LogP contribution in [0.4, 0.5) is 0 Å². The summed E-state index contributed by atoms with van der Waals surface area (Å²) < 4.78 is 35.1. The lowest BCUT2D eigenvalue weighted by atomic mass is 10.0. The van der Waals surface area contributed by atoms with E-state index in [2.05, 4.69) is 38.2 Å². The third-order valence-electron chi connectivity index (χ3n) is 11.0. The Bertz CT molecular complexity index is 998. The Hall–Kier alpha value is -1.02. The molecule has 2 unspecified atom stereocenters. The van der Waals surface area contributed by atoms with Crippen molar-refractivity contribution in [3.05, 3.63) is 24.3 Å². The van der Waals surface area contributed by atoms with E-state index < -0.39 is 13.9 Å². The summed E-state index contributed by atoms with van der Waals surface area (Å²) in [5, 5.41) is 0. The van der Waals surface area contributed by atoms with Gasteiger partial charge in [-0.2, -0.15) is 0 Å². The van der Waals surface area contributed by atoms with E-state index in [1.165, 1.54) is 180 Å². The molecule has 350 valence electrons. The van der Waals surface area contributed by atoms with Crippen molar-refractivity contribution in [3.8, 4) is 0 Å². The van der Waals surface area contributed by atoms with Crippen LogP contribution < -0.4 is 0 Å². The molecule has 0 aliphatic rings. The summed E-state index contributed by atoms with van der Waals surface area (Å²) in [6, 6.07) is 0. The van der Waals surface area contributed by atoms with E-state index in [9.17, 15) is 14.3 Å². The fraction of sp³-hybridized carbons (Fsp3) is 0.900. The number of rotatable bonds is 47. The summed E-state index contributed by atoms with van der Waals surface area (Å²) in [4.78, 5) is 22.9. The van der Waals surface area contributed by atoms with Crippen molar-refractivity contribution < 1.29 is 37.3 Å². The molecule has 0 fully saturated rings. The molecule has 0 saturated carbocycles. The van der Waals surface area contributed by atoms with Crippen LogP contribution in [0.1, 0.15) is 232 Å². The highest BCUT2D eigenvalue weighted by atomic mass is 31.2. The minimum absolute atomic E-state index is 0.0891. The Morgan fingerprint density at radius 3 is 1.34 bits per heavy atom. The van der Waals surface area contributed by atoms with E-state index in [-0.39, 0.29) is 25.8 Å². The van der Waals surface area contributed by atoms with E-state index >= 15 is 0 Å². The van der Waals surface area contributed by atoms with E-state index in [1.54, 1.807) is 0 Å². The van der Waals surface area contributed by atoms with E-state index in [1.807, 2.05) is 21.1 Å². The first-order valence-electron chi connectivity index (χ1n) is 25.1. The second kappa shape index (κ2) is 43.6. The molecule has 0 amide bonds. The quantitative estimate of drug-likeness (QED) is 0.0214. The number of allylic oxidation sites excluding steroid dienone is 4. The van der Waals surface area contributed by atoms with Gasteiger partial charge in [0, 0.05) is 13.0 Å². The van der Waals surface area contributed by atoms with Crippen LogP contribution in [0, 0.1) is 0 Å². The largest absolute Gasteiger partial charge is 0.472 e. The van der Waals surface area contributed by atoms with Crippen molar-refractivity contribution in [2.75, 3.05) is 54.1 Å². The van der Waals surface area contributed by atoms with Crippen molar-refractivity contribution in [3.63, 3.8) is 0 Å². The minimum atomic E-state index is -4.27. The lowest BCUT2D eigenvalue weighted by Crippen LogP contribution is -2.37. The van der Waals surface area contributed by atoms with E-state index in [0.29, 0.717) is 24.1 Å². The molecule has 0 rings (SSSR count). The molecule has 0 aliphatic carbocycles. The maximum absolute atomic E-state index is 12.7. The lowest BCUT2D eigenvalue weighted by Gasteiger charge is -2.24. The number of phosphoric acid groups is 1. The number of nitrogens with zero attached hydrogens (tertiary/aromatic N) is 1. The standard InChI is InChI=1S/C50H98NO7P/c1-6-8-10-12-14-16-18-20-21-22-23-24-25-26-27-28-29-30-31-32-33-35-37-39-41-43-50(52)58-49(48-57-59(53,54)56-46-44-51(3,4)5)47-55-45-42-40-38-36-34-19-17-15-13-11-9-7-2/h13,15,22-23,49H,6-12,14,16-21,24-48H2,1-5H3/p+1/b15-13-,23-22-. The summed E-state index contributed by atoms with van der Waals surface area (Å²) in [7, 11) is 1.67. The number of hydrogen-bond donors (Lipinski definition) is 1. The first kappa shape index (κ1) is 58.0. The van der Waals surface area contributed by atoms with Crippen LogP contribution in [0.25, 0.3) is 0 Å². The summed E-state index contributed by atoms with van der Waals surface area (Å²) in [6.45, 7) is 5.61. The van der Waals surface area contributed by atoms with Gasteiger partial charge in [-0.25, -0.2) is 4.57 Å². The van der Waals surface area contributed by atoms with Gasteiger partial charge >= 0.3 is 13.8 Å². The third-order valence-corrected chi connectivity index (χ3v) is 12.0. The highest BCUT2D eigenvalue weighted by molar-refractivity contribution is 7.47. The molecule has 0 aliphatic heterocycles. The number of unbranched alkanes of at least 4 members (excludes halogenated alkanes) is 29. The molecule has 0 radical (unpaired) electrons. The van der Waals surface area contributed by atoms with Crippen LogP contribution in [0.2, 0.25) is 0 Å². The predicted molar refractivity (Wildman–Crippen MR) is 252 cm³/mol. The van der Waals surface area contributed by atoms with Crippen molar-refractivity contribution >= 4 is 13.8 Å². The zero-order valence-electron chi connectivity index (χ0n) is 39.8. The number of quaternary nitrogens is 1. The normalized spacial score (nSPS) is 13.8. The number of phosphoric ester groups is 1. The average molecular weight is 857 g/mol. The zero-order chi connectivity index (χ0) is 43.4. The number of esters is 1. The summed E-state index contributed by atoms with van der Waals surface area (Å²) in [5.74, 6) is -0.313. The fourth-order valence-corrected chi connectivity index (χ4v) is 7.80. The van der Waals surface area contributed by atoms with E-state index in [0.717, 1.165) is 32.1 Å². The Balaban J connectivity index is 4.04. The van der Waals surface area contributed by atoms with Gasteiger partial charge in [0.1, 0.15) is 19.3 Å². The molecule has 0 aromatic heterocycles. The van der Waals surface area contributed by atoms with Gasteiger partial charge in [0.15, 0.2) is 0 Å². The van der Waals surface area contributed by atoms with Crippen molar-refractivity contribution in [2.45, 2.75) is 238 Å². The number of carbonyl (C=O) groups is 1. The van der Waals surface area contributed by atoms with Crippen LogP contribution in [-0.2, 0) is 27.9 Å². The first-order chi connectivity index (χ1) is 28.6. The third kappa shape index (κ3) is 47.9. The van der Waals surface area contributed by atoms with Crippen molar-refractivity contribution in [1.29, 1.82) is 0 Å². The average Bonchev–Trinajstić information content (AvgIpc) is 3.19. The second-order valence-corrected chi connectivity index (χ2v) is 19.6. The van der Waals surface area contributed by atoms with Crippen LogP contribution in [0.3, 0.4) is 0 Å². The van der Waals surface area contributed by atoms with Gasteiger partial charge in [-0.15, -0.1) is 0 Å². The maximum atomic E-state index is 12.7. The van der Waals surface area contributed by atoms with E-state index in [4.69, 9.17) is 18.5 Å². The molecule has 2 atom stereocenters. The molecule has 0 spiro atoms. The smallest absolute Gasteiger partial charge is 0.457 e. The topological polar surface area (TPSA) is 91.3 Å². The van der Waals surface area contributed by atoms with Gasteiger partial charge in [-0.1, -0.05) is 192 Å². The van der Waals surface area contributed by atoms with Crippen LogP contribution in [0.15, 0.2) is 24.3 Å². The summed E-state index contributed by atoms with van der Waals surface area (Å²) in [5.41, 5.74) is 0. The molecular weight excluding hydrogens is 758 g/mol. The molecule has 1 N–H and O–H groups in total. The number of ether oxygens (including phenoxy) is 2. The highest BCUT2D eigenvalue weighted by Gasteiger charge is 2.26.